The smallest absolute Gasteiger partial charge is 0.245 e. The molecule has 9 heteroatoms. The minimum Gasteiger partial charge on any atom is -0.355 e. The first-order valence-electron chi connectivity index (χ1n) is 6.57. The molecule has 2 N–H and O–H groups in total. The summed E-state index contributed by atoms with van der Waals surface area (Å²) in [5.41, 5.74) is 0. The van der Waals surface area contributed by atoms with Gasteiger partial charge in [0.2, 0.25) is 15.9 Å². The topological polar surface area (TPSA) is 91.4 Å². The maximum absolute atomic E-state index is 13.2. The van der Waals surface area contributed by atoms with E-state index in [1.807, 2.05) is 0 Å². The van der Waals surface area contributed by atoms with Gasteiger partial charge < -0.3 is 10.6 Å². The van der Waals surface area contributed by atoms with E-state index >= 15 is 0 Å². The first-order chi connectivity index (χ1) is 9.96. The molecule has 2 heterocycles. The summed E-state index contributed by atoms with van der Waals surface area (Å²) in [7, 11) is -3.97. The minimum atomic E-state index is -3.97. The lowest BCUT2D eigenvalue weighted by Gasteiger charge is -2.33. The van der Waals surface area contributed by atoms with Gasteiger partial charge in [0.25, 0.3) is 0 Å². The van der Waals surface area contributed by atoms with Crippen LogP contribution in [-0.2, 0) is 14.8 Å². The number of likely N-dealkylation sites (N-methyl/N-ethyl adjacent to an activating group) is 1. The van der Waals surface area contributed by atoms with E-state index in [0.717, 1.165) is 22.8 Å². The lowest BCUT2D eigenvalue weighted by atomic mass is 10.2. The van der Waals surface area contributed by atoms with Crippen molar-refractivity contribution in [3.8, 4) is 0 Å². The summed E-state index contributed by atoms with van der Waals surface area (Å²) >= 11 is 0. The Bertz CT molecular complexity index is 623. The number of hydrogen-bond donors (Lipinski definition) is 2. The highest BCUT2D eigenvalue weighted by Gasteiger charge is 2.37. The van der Waals surface area contributed by atoms with Crippen molar-refractivity contribution < 1.29 is 17.6 Å². The van der Waals surface area contributed by atoms with Crippen molar-refractivity contribution in [2.75, 3.05) is 26.2 Å². The zero-order valence-electron chi connectivity index (χ0n) is 11.5. The summed E-state index contributed by atoms with van der Waals surface area (Å²) in [6.07, 6.45) is 2.01. The van der Waals surface area contributed by atoms with Crippen molar-refractivity contribution in [1.29, 1.82) is 0 Å². The van der Waals surface area contributed by atoms with Crippen LogP contribution in [0.2, 0.25) is 0 Å². The van der Waals surface area contributed by atoms with E-state index in [4.69, 9.17) is 0 Å². The van der Waals surface area contributed by atoms with E-state index in [1.54, 1.807) is 6.92 Å². The number of nitrogens with zero attached hydrogens (tertiary/aromatic N) is 2. The molecule has 1 aliphatic heterocycles. The van der Waals surface area contributed by atoms with Crippen LogP contribution in [-0.4, -0.2) is 55.8 Å². The molecule has 116 valence electrons. The number of pyridine rings is 1. The van der Waals surface area contributed by atoms with Crippen LogP contribution in [0.15, 0.2) is 23.4 Å². The zero-order valence-corrected chi connectivity index (χ0v) is 12.4. The van der Waals surface area contributed by atoms with Gasteiger partial charge in [-0.15, -0.1) is 0 Å². The molecule has 1 fully saturated rings. The van der Waals surface area contributed by atoms with E-state index in [-0.39, 0.29) is 23.9 Å². The van der Waals surface area contributed by atoms with Gasteiger partial charge in [-0.3, -0.25) is 9.78 Å². The van der Waals surface area contributed by atoms with Gasteiger partial charge in [0.15, 0.2) is 0 Å². The number of carbonyl (C=O) groups is 1. The van der Waals surface area contributed by atoms with Crippen molar-refractivity contribution in [2.45, 2.75) is 17.9 Å². The van der Waals surface area contributed by atoms with Crippen molar-refractivity contribution in [2.24, 2.45) is 0 Å². The molecule has 1 unspecified atom stereocenters. The highest BCUT2D eigenvalue weighted by atomic mass is 32.2. The van der Waals surface area contributed by atoms with Crippen LogP contribution in [0, 0.1) is 5.82 Å². The maximum Gasteiger partial charge on any atom is 0.245 e. The second-order valence-corrected chi connectivity index (χ2v) is 6.46. The molecule has 1 amide bonds. The fourth-order valence-corrected chi connectivity index (χ4v) is 3.72. The molecule has 0 radical (unpaired) electrons. The molecule has 0 bridgehead atoms. The lowest BCUT2D eigenvalue weighted by Crippen LogP contribution is -2.59. The van der Waals surface area contributed by atoms with Gasteiger partial charge in [-0.2, -0.15) is 4.31 Å². The number of hydrogen-bond acceptors (Lipinski definition) is 5. The van der Waals surface area contributed by atoms with E-state index in [2.05, 4.69) is 15.6 Å². The molecule has 1 aromatic rings. The second kappa shape index (κ2) is 6.46. The van der Waals surface area contributed by atoms with Crippen LogP contribution in [0.1, 0.15) is 6.92 Å². The third kappa shape index (κ3) is 3.36. The molecule has 0 spiro atoms. The molecular weight excluding hydrogens is 299 g/mol. The van der Waals surface area contributed by atoms with E-state index in [9.17, 15) is 17.6 Å². The zero-order chi connectivity index (χ0) is 15.5. The normalized spacial score (nSPS) is 20.2. The van der Waals surface area contributed by atoms with Crippen LogP contribution in [0.3, 0.4) is 0 Å². The third-order valence-electron chi connectivity index (χ3n) is 3.13. The van der Waals surface area contributed by atoms with Crippen LogP contribution in [0.5, 0.6) is 0 Å². The Morgan fingerprint density at radius 3 is 3.00 bits per heavy atom. The first-order valence-corrected chi connectivity index (χ1v) is 8.01. The van der Waals surface area contributed by atoms with Crippen LogP contribution < -0.4 is 10.6 Å². The van der Waals surface area contributed by atoms with Crippen molar-refractivity contribution in [3.63, 3.8) is 0 Å². The number of halogens is 1. The average molecular weight is 316 g/mol. The Hall–Kier alpha value is -1.58. The Labute approximate surface area is 122 Å². The monoisotopic (exact) mass is 316 g/mol. The van der Waals surface area contributed by atoms with Crippen LogP contribution in [0.4, 0.5) is 4.39 Å². The Kier molecular flexibility index (Phi) is 4.86. The molecule has 0 aliphatic carbocycles. The summed E-state index contributed by atoms with van der Waals surface area (Å²) in [6.45, 7) is 2.95. The molecule has 1 aromatic heterocycles. The van der Waals surface area contributed by atoms with Crippen molar-refractivity contribution >= 4 is 15.9 Å². The lowest BCUT2D eigenvalue weighted by molar-refractivity contribution is -0.125. The number of rotatable bonds is 4. The van der Waals surface area contributed by atoms with Crippen LogP contribution in [0.25, 0.3) is 0 Å². The molecule has 1 atom stereocenters. The number of aromatic nitrogens is 1. The Morgan fingerprint density at radius 1 is 1.57 bits per heavy atom. The fraction of sp³-hybridized carbons (Fsp3) is 0.500. The molecular formula is C12H17FN4O3S. The number of carbonyl (C=O) groups excluding carboxylic acids is 1. The summed E-state index contributed by atoms with van der Waals surface area (Å²) < 4.78 is 39.4. The molecule has 0 saturated carbocycles. The second-order valence-electron chi connectivity index (χ2n) is 4.57. The number of nitrogens with one attached hydrogen (secondary N) is 2. The molecule has 1 saturated heterocycles. The van der Waals surface area contributed by atoms with Gasteiger partial charge in [0.05, 0.1) is 6.20 Å². The summed E-state index contributed by atoms with van der Waals surface area (Å²) in [5, 5.41) is 5.59. The highest BCUT2D eigenvalue weighted by Crippen LogP contribution is 2.19. The van der Waals surface area contributed by atoms with Gasteiger partial charge in [-0.05, 0) is 13.0 Å². The Balaban J connectivity index is 2.34. The predicted octanol–water partition coefficient (Wildman–Crippen LogP) is -0.681. The number of piperazine rings is 1. The van der Waals surface area contributed by atoms with Gasteiger partial charge in [-0.25, -0.2) is 12.8 Å². The molecule has 21 heavy (non-hydrogen) atoms. The Morgan fingerprint density at radius 2 is 2.33 bits per heavy atom. The fourth-order valence-electron chi connectivity index (χ4n) is 2.16. The summed E-state index contributed by atoms with van der Waals surface area (Å²) in [4.78, 5) is 15.3. The van der Waals surface area contributed by atoms with Gasteiger partial charge >= 0.3 is 0 Å². The largest absolute Gasteiger partial charge is 0.355 e. The van der Waals surface area contributed by atoms with Crippen molar-refractivity contribution in [3.05, 3.63) is 24.3 Å². The molecule has 7 nitrogen and oxygen atoms in total. The SMILES string of the molecule is CCNC(=O)C1CNCCN1S(=O)(=O)c1cncc(F)c1. The quantitative estimate of drug-likeness (QED) is 0.768. The van der Waals surface area contributed by atoms with E-state index < -0.39 is 21.9 Å². The molecule has 0 aromatic carbocycles. The average Bonchev–Trinajstić information content (AvgIpc) is 2.47. The molecule has 2 rings (SSSR count). The molecule has 1 aliphatic rings. The number of amides is 1. The summed E-state index contributed by atoms with van der Waals surface area (Å²) in [5.74, 6) is -1.11. The van der Waals surface area contributed by atoms with Gasteiger partial charge in [-0.1, -0.05) is 0 Å². The van der Waals surface area contributed by atoms with Gasteiger partial charge in [0.1, 0.15) is 16.8 Å². The predicted molar refractivity (Wildman–Crippen MR) is 73.4 cm³/mol. The maximum atomic E-state index is 13.2. The standard InChI is InChI=1S/C12H17FN4O3S/c1-2-16-12(18)11-8-14-3-4-17(11)21(19,20)10-5-9(13)6-15-7-10/h5-7,11,14H,2-4,8H2,1H3,(H,16,18). The number of sulfonamides is 1. The minimum absolute atomic E-state index is 0.140. The van der Waals surface area contributed by atoms with E-state index in [1.165, 1.54) is 0 Å². The van der Waals surface area contributed by atoms with E-state index in [0.29, 0.717) is 13.1 Å². The third-order valence-corrected chi connectivity index (χ3v) is 5.01. The summed E-state index contributed by atoms with van der Waals surface area (Å²) in [6, 6.07) is 0.0473. The van der Waals surface area contributed by atoms with Crippen LogP contribution >= 0.6 is 0 Å². The first kappa shape index (κ1) is 15.8. The van der Waals surface area contributed by atoms with Gasteiger partial charge in [0, 0.05) is 32.4 Å². The van der Waals surface area contributed by atoms with Crippen molar-refractivity contribution in [1.82, 2.24) is 19.9 Å². The highest BCUT2D eigenvalue weighted by molar-refractivity contribution is 7.89.